The topological polar surface area (TPSA) is 48.0 Å². The quantitative estimate of drug-likeness (QED) is 0.341. The first-order valence-electron chi connectivity index (χ1n) is 7.92. The molecule has 26 heavy (non-hydrogen) atoms. The van der Waals surface area contributed by atoms with E-state index in [-0.39, 0.29) is 0 Å². The van der Waals surface area contributed by atoms with E-state index in [2.05, 4.69) is 72.8 Å². The van der Waals surface area contributed by atoms with Crippen molar-refractivity contribution in [3.8, 4) is 16.8 Å². The monoisotopic (exact) mass is 471 g/mol. The maximum Gasteiger partial charge on any atom is 0.173 e. The molecule has 126 valence electrons. The maximum atomic E-state index is 6.07. The molecule has 0 aliphatic carbocycles. The van der Waals surface area contributed by atoms with E-state index < -0.39 is 0 Å². The molecule has 0 saturated carbocycles. The molecule has 3 aromatic heterocycles. The van der Waals surface area contributed by atoms with Crippen LogP contribution in [0.2, 0.25) is 5.02 Å². The van der Waals surface area contributed by atoms with Gasteiger partial charge in [-0.05, 0) is 64.6 Å². The van der Waals surface area contributed by atoms with Crippen LogP contribution in [0.3, 0.4) is 0 Å². The number of halogens is 2. The molecule has 0 aliphatic rings. The van der Waals surface area contributed by atoms with E-state index in [9.17, 15) is 0 Å². The Balaban J connectivity index is 1.87. The second kappa shape index (κ2) is 6.07. The molecule has 3 heterocycles. The minimum atomic E-state index is 0.709. The van der Waals surface area contributed by atoms with Gasteiger partial charge >= 0.3 is 0 Å². The van der Waals surface area contributed by atoms with Crippen LogP contribution in [-0.2, 0) is 0 Å². The Hall–Kier alpha value is -2.45. The van der Waals surface area contributed by atoms with Crippen LogP contribution >= 0.6 is 34.2 Å². The summed E-state index contributed by atoms with van der Waals surface area (Å²) in [4.78, 5) is 4.66. The molecule has 5 nitrogen and oxygen atoms in total. The number of aromatic nitrogens is 5. The molecule has 2 aromatic carbocycles. The number of fused-ring (bicyclic) bond motifs is 3. The van der Waals surface area contributed by atoms with Crippen LogP contribution in [0.15, 0.2) is 67.4 Å². The van der Waals surface area contributed by atoms with Crippen molar-refractivity contribution in [2.45, 2.75) is 0 Å². The van der Waals surface area contributed by atoms with Crippen LogP contribution in [-0.4, -0.2) is 24.1 Å². The van der Waals surface area contributed by atoms with E-state index in [1.165, 1.54) is 3.57 Å². The summed E-state index contributed by atoms with van der Waals surface area (Å²) in [5.41, 5.74) is 4.77. The zero-order valence-corrected chi connectivity index (χ0v) is 16.3. The molecule has 0 amide bonds. The minimum absolute atomic E-state index is 0.709. The molecule has 0 saturated heterocycles. The largest absolute Gasteiger partial charge is 0.301 e. The first-order valence-corrected chi connectivity index (χ1v) is 9.38. The first kappa shape index (κ1) is 15.8. The van der Waals surface area contributed by atoms with Gasteiger partial charge in [-0.25, -0.2) is 4.98 Å². The summed E-state index contributed by atoms with van der Waals surface area (Å²) >= 11 is 8.37. The molecule has 5 aromatic rings. The number of hydrogen-bond donors (Lipinski definition) is 0. The number of rotatable bonds is 2. The van der Waals surface area contributed by atoms with Crippen molar-refractivity contribution >= 4 is 50.9 Å². The lowest BCUT2D eigenvalue weighted by Crippen LogP contribution is -1.95. The number of hydrogen-bond acceptors (Lipinski definition) is 3. The van der Waals surface area contributed by atoms with Crippen LogP contribution < -0.4 is 0 Å². The molecule has 0 bridgehead atoms. The van der Waals surface area contributed by atoms with Gasteiger partial charge in [-0.1, -0.05) is 23.7 Å². The van der Waals surface area contributed by atoms with E-state index in [4.69, 9.17) is 11.6 Å². The lowest BCUT2D eigenvalue weighted by molar-refractivity contribution is 1.05. The zero-order chi connectivity index (χ0) is 17.7. The molecular formula is C19H11ClIN5. The SMILES string of the molecule is Clc1ccc(-c2cn(-c3ccc(I)cc3)c3ncn4cnnc4c23)cc1. The molecule has 0 N–H and O–H groups in total. The lowest BCUT2D eigenvalue weighted by Gasteiger charge is -2.04. The summed E-state index contributed by atoms with van der Waals surface area (Å²) in [5, 5.41) is 10.0. The van der Waals surface area contributed by atoms with Crippen molar-refractivity contribution in [2.75, 3.05) is 0 Å². The molecule has 0 atom stereocenters. The van der Waals surface area contributed by atoms with Gasteiger partial charge in [0.2, 0.25) is 0 Å². The number of benzene rings is 2. The third kappa shape index (κ3) is 2.48. The second-order valence-corrected chi connectivity index (χ2v) is 7.58. The normalized spacial score (nSPS) is 11.5. The Kier molecular flexibility index (Phi) is 3.68. The zero-order valence-electron chi connectivity index (χ0n) is 13.3. The van der Waals surface area contributed by atoms with Gasteiger partial charge in [-0.3, -0.25) is 4.40 Å². The fourth-order valence-corrected chi connectivity index (χ4v) is 3.60. The van der Waals surface area contributed by atoms with E-state index >= 15 is 0 Å². The Morgan fingerprint density at radius 2 is 1.65 bits per heavy atom. The highest BCUT2D eigenvalue weighted by atomic mass is 127. The van der Waals surface area contributed by atoms with Crippen molar-refractivity contribution in [3.63, 3.8) is 0 Å². The second-order valence-electron chi connectivity index (χ2n) is 5.90. The summed E-state index contributed by atoms with van der Waals surface area (Å²) < 4.78 is 5.11. The van der Waals surface area contributed by atoms with Gasteiger partial charge in [-0.2, -0.15) is 0 Å². The van der Waals surface area contributed by atoms with Crippen molar-refractivity contribution in [1.82, 2.24) is 24.1 Å². The van der Waals surface area contributed by atoms with E-state index in [1.54, 1.807) is 12.7 Å². The van der Waals surface area contributed by atoms with Crippen molar-refractivity contribution in [2.24, 2.45) is 0 Å². The average molecular weight is 472 g/mol. The standard InChI is InChI=1S/C19H11ClIN5/c20-13-3-1-12(2-4-13)16-9-26(15-7-5-14(21)6-8-15)18-17(16)19-24-23-11-25(19)10-22-18/h1-11H. The molecule has 5 rings (SSSR count). The highest BCUT2D eigenvalue weighted by Crippen LogP contribution is 2.34. The maximum absolute atomic E-state index is 6.07. The molecule has 0 aliphatic heterocycles. The predicted octanol–water partition coefficient (Wildman–Crippen LogP) is 4.99. The molecule has 0 spiro atoms. The van der Waals surface area contributed by atoms with Crippen LogP contribution in [0, 0.1) is 3.57 Å². The lowest BCUT2D eigenvalue weighted by atomic mass is 10.1. The summed E-state index contributed by atoms with van der Waals surface area (Å²) in [6.07, 6.45) is 5.50. The Morgan fingerprint density at radius 3 is 2.42 bits per heavy atom. The summed E-state index contributed by atoms with van der Waals surface area (Å²) in [6.45, 7) is 0. The van der Waals surface area contributed by atoms with Crippen LogP contribution in [0.5, 0.6) is 0 Å². The summed E-state index contributed by atoms with van der Waals surface area (Å²) in [6, 6.07) is 16.1. The van der Waals surface area contributed by atoms with Crippen molar-refractivity contribution in [3.05, 3.63) is 76.0 Å². The van der Waals surface area contributed by atoms with Gasteiger partial charge in [0.25, 0.3) is 0 Å². The van der Waals surface area contributed by atoms with Crippen molar-refractivity contribution < 1.29 is 0 Å². The van der Waals surface area contributed by atoms with E-state index in [0.29, 0.717) is 5.02 Å². The van der Waals surface area contributed by atoms with Crippen LogP contribution in [0.25, 0.3) is 33.5 Å². The van der Waals surface area contributed by atoms with Crippen LogP contribution in [0.1, 0.15) is 0 Å². The third-order valence-corrected chi connectivity index (χ3v) is 5.31. The van der Waals surface area contributed by atoms with Crippen LogP contribution in [0.4, 0.5) is 0 Å². The minimum Gasteiger partial charge on any atom is -0.301 e. The highest BCUT2D eigenvalue weighted by Gasteiger charge is 2.17. The fraction of sp³-hybridized carbons (Fsp3) is 0. The van der Waals surface area contributed by atoms with E-state index in [0.717, 1.165) is 33.5 Å². The molecule has 0 unspecified atom stereocenters. The molecule has 0 radical (unpaired) electrons. The number of nitrogens with zero attached hydrogens (tertiary/aromatic N) is 5. The highest BCUT2D eigenvalue weighted by molar-refractivity contribution is 14.1. The molecule has 0 fully saturated rings. The third-order valence-electron chi connectivity index (χ3n) is 4.34. The van der Waals surface area contributed by atoms with E-state index in [1.807, 2.05) is 28.7 Å². The molecule has 7 heteroatoms. The van der Waals surface area contributed by atoms with Gasteiger partial charge in [0.1, 0.15) is 12.7 Å². The fourth-order valence-electron chi connectivity index (χ4n) is 3.11. The molecular weight excluding hydrogens is 461 g/mol. The van der Waals surface area contributed by atoms with Gasteiger partial charge < -0.3 is 4.57 Å². The summed E-state index contributed by atoms with van der Waals surface area (Å²) in [5.74, 6) is 0. The van der Waals surface area contributed by atoms with Gasteiger partial charge in [-0.15, -0.1) is 10.2 Å². The van der Waals surface area contributed by atoms with Gasteiger partial charge in [0, 0.05) is 26.0 Å². The van der Waals surface area contributed by atoms with Gasteiger partial charge in [0.15, 0.2) is 11.3 Å². The summed E-state index contributed by atoms with van der Waals surface area (Å²) in [7, 11) is 0. The Labute approximate surface area is 167 Å². The Morgan fingerprint density at radius 1 is 0.885 bits per heavy atom. The average Bonchev–Trinajstić information content (AvgIpc) is 3.27. The first-order chi connectivity index (χ1) is 12.7. The van der Waals surface area contributed by atoms with Gasteiger partial charge in [0.05, 0.1) is 5.39 Å². The Bertz CT molecular complexity index is 1240. The predicted molar refractivity (Wildman–Crippen MR) is 111 cm³/mol. The smallest absolute Gasteiger partial charge is 0.173 e. The van der Waals surface area contributed by atoms with Crippen molar-refractivity contribution in [1.29, 1.82) is 0 Å².